The molecule has 0 bridgehead atoms. The summed E-state index contributed by atoms with van der Waals surface area (Å²) in [6, 6.07) is -0.0363. The number of aryl methyl sites for hydroxylation is 1. The summed E-state index contributed by atoms with van der Waals surface area (Å²) in [5, 5.41) is 11.7. The number of carboxylic acids is 1. The van der Waals surface area contributed by atoms with E-state index in [1.807, 2.05) is 13.8 Å². The van der Waals surface area contributed by atoms with Crippen LogP contribution in [0.1, 0.15) is 31.5 Å². The zero-order valence-corrected chi connectivity index (χ0v) is 9.65. The third-order valence-electron chi connectivity index (χ3n) is 2.07. The van der Waals surface area contributed by atoms with Crippen LogP contribution in [0.3, 0.4) is 0 Å². The van der Waals surface area contributed by atoms with E-state index in [1.165, 1.54) is 6.08 Å². The first-order valence-electron chi connectivity index (χ1n) is 5.05. The average molecular weight is 224 g/mol. The molecule has 88 valence electrons. The summed E-state index contributed by atoms with van der Waals surface area (Å²) in [7, 11) is 0. The number of rotatable bonds is 5. The molecule has 0 aliphatic carbocycles. The molecule has 0 saturated heterocycles. The molecule has 16 heavy (non-hydrogen) atoms. The van der Waals surface area contributed by atoms with Gasteiger partial charge in [-0.3, -0.25) is 0 Å². The fourth-order valence-electron chi connectivity index (χ4n) is 1.24. The third kappa shape index (κ3) is 3.86. The monoisotopic (exact) mass is 224 g/mol. The molecular formula is C11H16N2O3. The van der Waals surface area contributed by atoms with Crippen LogP contribution in [-0.4, -0.2) is 22.6 Å². The summed E-state index contributed by atoms with van der Waals surface area (Å²) in [6.45, 7) is 6.00. The molecule has 0 spiro atoms. The van der Waals surface area contributed by atoms with Gasteiger partial charge in [0.05, 0.1) is 12.2 Å². The lowest BCUT2D eigenvalue weighted by Crippen LogP contribution is -2.21. The zero-order chi connectivity index (χ0) is 12.1. The third-order valence-corrected chi connectivity index (χ3v) is 2.07. The number of nitrogens with zero attached hydrogens (tertiary/aromatic N) is 1. The first-order chi connectivity index (χ1) is 7.49. The van der Waals surface area contributed by atoms with Gasteiger partial charge in [-0.1, -0.05) is 5.57 Å². The van der Waals surface area contributed by atoms with Gasteiger partial charge in [0.15, 0.2) is 0 Å². The minimum absolute atomic E-state index is 0.0363. The zero-order valence-electron chi connectivity index (χ0n) is 9.65. The van der Waals surface area contributed by atoms with Crippen LogP contribution in [0.2, 0.25) is 0 Å². The fraction of sp³-hybridized carbons (Fsp3) is 0.455. The van der Waals surface area contributed by atoms with E-state index < -0.39 is 5.97 Å². The van der Waals surface area contributed by atoms with Crippen LogP contribution < -0.4 is 5.32 Å². The van der Waals surface area contributed by atoms with Crippen molar-refractivity contribution < 1.29 is 14.3 Å². The second-order valence-corrected chi connectivity index (χ2v) is 3.74. The van der Waals surface area contributed by atoms with Gasteiger partial charge in [0.1, 0.15) is 5.76 Å². The van der Waals surface area contributed by atoms with Crippen LogP contribution in [0.25, 0.3) is 0 Å². The summed E-state index contributed by atoms with van der Waals surface area (Å²) in [5.41, 5.74) is 0.752. The summed E-state index contributed by atoms with van der Waals surface area (Å²) in [5.74, 6) is 0.445. The van der Waals surface area contributed by atoms with Gasteiger partial charge in [-0.2, -0.15) is 0 Å². The molecular weight excluding hydrogens is 208 g/mol. The molecule has 1 aromatic rings. The van der Waals surface area contributed by atoms with Gasteiger partial charge in [-0.15, -0.1) is 0 Å². The number of aromatic nitrogens is 1. The maximum atomic E-state index is 10.4. The molecule has 1 aromatic heterocycles. The van der Waals surface area contributed by atoms with Gasteiger partial charge >= 0.3 is 5.97 Å². The van der Waals surface area contributed by atoms with E-state index >= 15 is 0 Å². The molecule has 0 saturated carbocycles. The summed E-state index contributed by atoms with van der Waals surface area (Å²) < 4.78 is 5.35. The largest absolute Gasteiger partial charge is 0.478 e. The normalized spacial score (nSPS) is 13.8. The lowest BCUT2D eigenvalue weighted by atomic mass is 10.2. The number of aliphatic carboxylic acids is 1. The molecule has 5 nitrogen and oxygen atoms in total. The minimum Gasteiger partial charge on any atom is -0.478 e. The van der Waals surface area contributed by atoms with Crippen molar-refractivity contribution in [2.75, 3.05) is 6.54 Å². The highest BCUT2D eigenvalue weighted by Crippen LogP contribution is 2.11. The van der Waals surface area contributed by atoms with Crippen LogP contribution in [0.15, 0.2) is 22.3 Å². The summed E-state index contributed by atoms with van der Waals surface area (Å²) in [4.78, 5) is 14.5. The van der Waals surface area contributed by atoms with E-state index in [0.717, 1.165) is 11.3 Å². The number of carboxylic acid groups (broad SMARTS) is 1. The van der Waals surface area contributed by atoms with E-state index in [1.54, 1.807) is 13.1 Å². The average Bonchev–Trinajstić information content (AvgIpc) is 2.60. The Hall–Kier alpha value is -1.62. The molecule has 0 aliphatic heterocycles. The Morgan fingerprint density at radius 1 is 1.75 bits per heavy atom. The summed E-state index contributed by atoms with van der Waals surface area (Å²) in [6.07, 6.45) is 2.84. The van der Waals surface area contributed by atoms with Crippen LogP contribution in [-0.2, 0) is 4.79 Å². The molecule has 5 heteroatoms. The predicted molar refractivity (Wildman–Crippen MR) is 59.1 cm³/mol. The molecule has 1 rings (SSSR count). The highest BCUT2D eigenvalue weighted by molar-refractivity contribution is 5.80. The molecule has 0 radical (unpaired) electrons. The first kappa shape index (κ1) is 12.4. The summed E-state index contributed by atoms with van der Waals surface area (Å²) >= 11 is 0. The minimum atomic E-state index is -0.932. The van der Waals surface area contributed by atoms with E-state index in [4.69, 9.17) is 9.52 Å². The van der Waals surface area contributed by atoms with Gasteiger partial charge in [0.25, 0.3) is 0 Å². The second-order valence-electron chi connectivity index (χ2n) is 3.74. The van der Waals surface area contributed by atoms with Crippen molar-refractivity contribution in [2.24, 2.45) is 0 Å². The molecule has 0 aliphatic rings. The molecule has 1 atom stereocenters. The van der Waals surface area contributed by atoms with Crippen molar-refractivity contribution >= 4 is 5.97 Å². The van der Waals surface area contributed by atoms with E-state index in [2.05, 4.69) is 10.3 Å². The highest BCUT2D eigenvalue weighted by Gasteiger charge is 2.10. The second kappa shape index (κ2) is 5.46. The van der Waals surface area contributed by atoms with Crippen molar-refractivity contribution in [3.05, 3.63) is 29.5 Å². The highest BCUT2D eigenvalue weighted by atomic mass is 16.4. The van der Waals surface area contributed by atoms with Gasteiger partial charge in [-0.25, -0.2) is 9.78 Å². The lowest BCUT2D eigenvalue weighted by Gasteiger charge is -2.09. The molecule has 2 N–H and O–H groups in total. The van der Waals surface area contributed by atoms with Crippen molar-refractivity contribution in [1.82, 2.24) is 10.3 Å². The standard InChI is InChI=1S/C11H16N2O3/c1-7(4-10(14)15)5-12-9(3)11-13-6-8(2)16-11/h4,6,9,12H,5H2,1-3H3,(H,14,15)/b7-4+. The maximum Gasteiger partial charge on any atom is 0.328 e. The van der Waals surface area contributed by atoms with Gasteiger partial charge in [0, 0.05) is 12.6 Å². The Labute approximate surface area is 94.2 Å². The molecule has 1 unspecified atom stereocenters. The number of carbonyl (C=O) groups is 1. The Balaban J connectivity index is 2.47. The SMILES string of the molecule is C/C(=C\C(=O)O)CNC(C)c1ncc(C)o1. The van der Waals surface area contributed by atoms with Crippen molar-refractivity contribution in [3.63, 3.8) is 0 Å². The van der Waals surface area contributed by atoms with E-state index in [-0.39, 0.29) is 6.04 Å². The van der Waals surface area contributed by atoms with Gasteiger partial charge in [-0.05, 0) is 20.8 Å². The van der Waals surface area contributed by atoms with Crippen LogP contribution in [0.4, 0.5) is 0 Å². The number of nitrogens with one attached hydrogen (secondary N) is 1. The Morgan fingerprint density at radius 3 is 2.94 bits per heavy atom. The Morgan fingerprint density at radius 2 is 2.44 bits per heavy atom. The van der Waals surface area contributed by atoms with Gasteiger partial charge in [0.2, 0.25) is 5.89 Å². The predicted octanol–water partition coefficient (Wildman–Crippen LogP) is 1.66. The van der Waals surface area contributed by atoms with E-state index in [0.29, 0.717) is 12.4 Å². The number of oxazole rings is 1. The number of hydrogen-bond acceptors (Lipinski definition) is 4. The topological polar surface area (TPSA) is 75.4 Å². The van der Waals surface area contributed by atoms with E-state index in [9.17, 15) is 4.79 Å². The fourth-order valence-corrected chi connectivity index (χ4v) is 1.24. The molecule has 0 fully saturated rings. The molecule has 0 amide bonds. The molecule has 1 heterocycles. The quantitative estimate of drug-likeness (QED) is 0.744. The number of hydrogen-bond donors (Lipinski definition) is 2. The van der Waals surface area contributed by atoms with Crippen LogP contribution in [0.5, 0.6) is 0 Å². The van der Waals surface area contributed by atoms with Gasteiger partial charge < -0.3 is 14.8 Å². The van der Waals surface area contributed by atoms with Crippen molar-refractivity contribution in [3.8, 4) is 0 Å². The Kier molecular flexibility index (Phi) is 4.25. The van der Waals surface area contributed by atoms with Crippen LogP contribution in [0, 0.1) is 6.92 Å². The van der Waals surface area contributed by atoms with Crippen molar-refractivity contribution in [1.29, 1.82) is 0 Å². The lowest BCUT2D eigenvalue weighted by molar-refractivity contribution is -0.131. The van der Waals surface area contributed by atoms with Crippen LogP contribution >= 0.6 is 0 Å². The maximum absolute atomic E-state index is 10.4. The Bertz CT molecular complexity index is 396. The molecule has 0 aromatic carbocycles. The van der Waals surface area contributed by atoms with Crippen molar-refractivity contribution in [2.45, 2.75) is 26.8 Å². The first-order valence-corrected chi connectivity index (χ1v) is 5.05. The smallest absolute Gasteiger partial charge is 0.328 e.